The molecule has 0 aromatic carbocycles. The Bertz CT molecular complexity index is 78.2. The number of allylic oxidation sites excluding steroid dienone is 1. The minimum atomic E-state index is -3.07. The quantitative estimate of drug-likeness (QED) is 0.511. The number of rotatable bonds is 1. The average Bonchev–Trinajstić information content (AvgIpc) is 1.65. The van der Waals surface area contributed by atoms with Gasteiger partial charge in [-0.05, 0) is 0 Å². The lowest BCUT2D eigenvalue weighted by Crippen LogP contribution is -1.86. The molecule has 0 N–H and O–H groups in total. The number of alkyl halides is 2. The Morgan fingerprint density at radius 2 is 2.00 bits per heavy atom. The zero-order chi connectivity index (χ0) is 5.86. The molecular weight excluding hydrogens is 128 g/mol. The van der Waals surface area contributed by atoms with Gasteiger partial charge in [0.1, 0.15) is 0 Å². The van der Waals surface area contributed by atoms with E-state index in [9.17, 15) is 13.2 Å². The molecule has 0 spiro atoms. The lowest BCUT2D eigenvalue weighted by Gasteiger charge is -1.86. The maximum Gasteiger partial charge on any atom is 0.290 e. The van der Waals surface area contributed by atoms with Crippen LogP contribution in [0.2, 0.25) is 0 Å². The number of hydrogen-bond acceptors (Lipinski definition) is 0. The highest BCUT2D eigenvalue weighted by atomic mass is 35.5. The van der Waals surface area contributed by atoms with E-state index < -0.39 is 12.3 Å². The maximum absolute atomic E-state index is 11.2. The van der Waals surface area contributed by atoms with Crippen LogP contribution in [0.1, 0.15) is 0 Å². The van der Waals surface area contributed by atoms with E-state index in [2.05, 4.69) is 11.6 Å². The second-order valence-electron chi connectivity index (χ2n) is 0.795. The summed E-state index contributed by atoms with van der Waals surface area (Å²) in [5.74, 6) is -1.60. The van der Waals surface area contributed by atoms with Crippen molar-refractivity contribution >= 4 is 11.6 Å². The van der Waals surface area contributed by atoms with Gasteiger partial charge in [-0.3, -0.25) is 0 Å². The van der Waals surface area contributed by atoms with Gasteiger partial charge in [-0.1, -0.05) is 11.6 Å². The second-order valence-corrected chi connectivity index (χ2v) is 1.01. The van der Waals surface area contributed by atoms with E-state index in [0.717, 1.165) is 0 Å². The van der Waals surface area contributed by atoms with Crippen molar-refractivity contribution in [2.75, 3.05) is 0 Å². The van der Waals surface area contributed by atoms with Crippen LogP contribution in [-0.2, 0) is 0 Å². The molecule has 0 aliphatic rings. The molecule has 0 fully saturated rings. The zero-order valence-electron chi connectivity index (χ0n) is 3.17. The first-order valence-corrected chi connectivity index (χ1v) is 1.86. The monoisotopic (exact) mass is 130 g/mol. The lowest BCUT2D eigenvalue weighted by atomic mass is 10.6. The molecule has 0 aromatic heterocycles. The summed E-state index contributed by atoms with van der Waals surface area (Å²) in [6, 6.07) is 0. The molecule has 0 saturated carbocycles. The molecule has 0 unspecified atom stereocenters. The highest BCUT2D eigenvalue weighted by Gasteiger charge is 2.07. The first kappa shape index (κ1) is 6.82. The molecule has 0 nitrogen and oxygen atoms in total. The molecule has 0 radical (unpaired) electrons. The number of hydrogen-bond donors (Lipinski definition) is 0. The molecule has 0 heterocycles. The second kappa shape index (κ2) is 2.91. The van der Waals surface area contributed by atoms with Crippen molar-refractivity contribution in [3.05, 3.63) is 11.4 Å². The van der Waals surface area contributed by atoms with Gasteiger partial charge < -0.3 is 0 Å². The average molecular weight is 130 g/mol. The first-order chi connectivity index (χ1) is 3.18. The highest BCUT2D eigenvalue weighted by Crippen LogP contribution is 2.09. The Balaban J connectivity index is 3.56. The molecule has 0 aliphatic heterocycles. The van der Waals surface area contributed by atoms with E-state index in [-0.39, 0.29) is 5.54 Å². The topological polar surface area (TPSA) is 0 Å². The fourth-order valence-electron chi connectivity index (χ4n) is 0.0476. The van der Waals surface area contributed by atoms with Crippen molar-refractivity contribution in [2.45, 2.75) is 6.43 Å². The Morgan fingerprint density at radius 1 is 1.57 bits per heavy atom. The molecule has 4 heteroatoms. The molecule has 0 atom stereocenters. The van der Waals surface area contributed by atoms with Crippen molar-refractivity contribution in [1.82, 2.24) is 0 Å². The third-order valence-corrected chi connectivity index (χ3v) is 0.521. The normalized spacial score (nSPS) is 13.0. The summed E-state index contributed by atoms with van der Waals surface area (Å²) in [5.41, 5.74) is 0.213. The van der Waals surface area contributed by atoms with Gasteiger partial charge in [-0.2, -0.15) is 0 Å². The number of halogens is 4. The predicted molar refractivity (Wildman–Crippen MR) is 21.0 cm³/mol. The van der Waals surface area contributed by atoms with Gasteiger partial charge in [0.05, 0.1) is 0 Å². The summed E-state index contributed by atoms with van der Waals surface area (Å²) in [5, 5.41) is 0. The minimum Gasteiger partial charge on any atom is -0.205 e. The summed E-state index contributed by atoms with van der Waals surface area (Å²) in [7, 11) is 0. The Kier molecular flexibility index (Phi) is 2.83. The van der Waals surface area contributed by atoms with Gasteiger partial charge >= 0.3 is 0 Å². The summed E-state index contributed by atoms with van der Waals surface area (Å²) >= 11 is 4.53. The standard InChI is InChI=1S/C3H2ClF3/c4-1-2(5)3(6)7/h1,3H/b2-1+. The van der Waals surface area contributed by atoms with E-state index >= 15 is 0 Å². The van der Waals surface area contributed by atoms with Gasteiger partial charge in [-0.25, -0.2) is 13.2 Å². The van der Waals surface area contributed by atoms with Crippen molar-refractivity contribution < 1.29 is 13.2 Å². The molecule has 0 aromatic rings. The van der Waals surface area contributed by atoms with Crippen LogP contribution in [0.25, 0.3) is 0 Å². The van der Waals surface area contributed by atoms with Gasteiger partial charge in [0, 0.05) is 5.54 Å². The van der Waals surface area contributed by atoms with Crippen LogP contribution in [0, 0.1) is 0 Å². The molecule has 0 amide bonds. The minimum absolute atomic E-state index is 0.213. The molecule has 0 bridgehead atoms. The smallest absolute Gasteiger partial charge is 0.205 e. The predicted octanol–water partition coefficient (Wildman–Crippen LogP) is 2.30. The molecule has 0 rings (SSSR count). The van der Waals surface area contributed by atoms with Crippen molar-refractivity contribution in [3.63, 3.8) is 0 Å². The third-order valence-electron chi connectivity index (χ3n) is 0.313. The van der Waals surface area contributed by atoms with Crippen LogP contribution in [0.3, 0.4) is 0 Å². The van der Waals surface area contributed by atoms with Crippen molar-refractivity contribution in [1.29, 1.82) is 0 Å². The van der Waals surface area contributed by atoms with Crippen LogP contribution in [0.15, 0.2) is 11.4 Å². The van der Waals surface area contributed by atoms with Gasteiger partial charge in [0.15, 0.2) is 5.83 Å². The summed E-state index contributed by atoms with van der Waals surface area (Å²) in [6.07, 6.45) is -3.07. The van der Waals surface area contributed by atoms with Crippen LogP contribution in [-0.4, -0.2) is 6.43 Å². The highest BCUT2D eigenvalue weighted by molar-refractivity contribution is 6.25. The molecule has 42 valence electrons. The van der Waals surface area contributed by atoms with E-state index in [0.29, 0.717) is 0 Å². The van der Waals surface area contributed by atoms with Crippen LogP contribution in [0.4, 0.5) is 13.2 Å². The van der Waals surface area contributed by atoms with Gasteiger partial charge in [0.2, 0.25) is 0 Å². The van der Waals surface area contributed by atoms with Crippen LogP contribution >= 0.6 is 11.6 Å². The fourth-order valence-corrected chi connectivity index (χ4v) is 0.143. The van der Waals surface area contributed by atoms with Crippen LogP contribution in [0.5, 0.6) is 0 Å². The molecule has 7 heavy (non-hydrogen) atoms. The van der Waals surface area contributed by atoms with E-state index in [1.807, 2.05) is 0 Å². The summed E-state index contributed by atoms with van der Waals surface area (Å²) in [4.78, 5) is 0. The Morgan fingerprint density at radius 3 is 2.00 bits per heavy atom. The van der Waals surface area contributed by atoms with E-state index in [1.165, 1.54) is 0 Å². The third kappa shape index (κ3) is 2.51. The fraction of sp³-hybridized carbons (Fsp3) is 0.333. The lowest BCUT2D eigenvalue weighted by molar-refractivity contribution is 0.159. The summed E-state index contributed by atoms with van der Waals surface area (Å²) < 4.78 is 33.0. The SMILES string of the molecule is F/C(=C/Cl)C(F)F. The van der Waals surface area contributed by atoms with Gasteiger partial charge in [-0.15, -0.1) is 0 Å². The molecular formula is C3H2ClF3. The van der Waals surface area contributed by atoms with Crippen molar-refractivity contribution in [2.24, 2.45) is 0 Å². The van der Waals surface area contributed by atoms with Gasteiger partial charge in [0.25, 0.3) is 6.43 Å². The molecule has 0 aliphatic carbocycles. The Labute approximate surface area is 43.6 Å². The van der Waals surface area contributed by atoms with Crippen LogP contribution < -0.4 is 0 Å². The summed E-state index contributed by atoms with van der Waals surface area (Å²) in [6.45, 7) is 0. The van der Waals surface area contributed by atoms with E-state index in [4.69, 9.17) is 0 Å². The molecule has 0 saturated heterocycles. The Hall–Kier alpha value is -0.180. The van der Waals surface area contributed by atoms with Crippen molar-refractivity contribution in [3.8, 4) is 0 Å². The largest absolute Gasteiger partial charge is 0.290 e. The zero-order valence-corrected chi connectivity index (χ0v) is 3.92. The maximum atomic E-state index is 11.2. The first-order valence-electron chi connectivity index (χ1n) is 1.42. The van der Waals surface area contributed by atoms with E-state index in [1.54, 1.807) is 0 Å².